The van der Waals surface area contributed by atoms with Gasteiger partial charge in [0.2, 0.25) is 0 Å². The number of hydrogen-bond acceptors (Lipinski definition) is 2. The Bertz CT molecular complexity index is 351. The normalized spacial score (nSPS) is 16.2. The van der Waals surface area contributed by atoms with Crippen LogP contribution < -0.4 is 10.5 Å². The first kappa shape index (κ1) is 9.81. The molecule has 0 aliphatic carbocycles. The van der Waals surface area contributed by atoms with Gasteiger partial charge in [-0.2, -0.15) is 0 Å². The van der Waals surface area contributed by atoms with Crippen molar-refractivity contribution in [1.29, 1.82) is 0 Å². The lowest BCUT2D eigenvalue weighted by atomic mass is 10.0. The van der Waals surface area contributed by atoms with Gasteiger partial charge in [0, 0.05) is 23.0 Å². The van der Waals surface area contributed by atoms with E-state index in [0.717, 1.165) is 35.8 Å². The summed E-state index contributed by atoms with van der Waals surface area (Å²) in [4.78, 5) is 0. The van der Waals surface area contributed by atoms with Crippen LogP contribution in [0.4, 0.5) is 0 Å². The molecule has 2 rings (SSSR count). The molecule has 0 aromatic heterocycles. The molecular weight excluding hydrogens is 198 g/mol. The maximum atomic E-state index is 6.02. The van der Waals surface area contributed by atoms with Gasteiger partial charge in [-0.05, 0) is 24.1 Å². The molecule has 1 atom stereocenters. The van der Waals surface area contributed by atoms with Crippen molar-refractivity contribution in [3.8, 4) is 5.75 Å². The van der Waals surface area contributed by atoms with E-state index in [1.54, 1.807) is 0 Å². The zero-order valence-electron chi connectivity index (χ0n) is 8.22. The molecule has 76 valence electrons. The van der Waals surface area contributed by atoms with Gasteiger partial charge in [0.1, 0.15) is 5.75 Å². The largest absolute Gasteiger partial charge is 0.493 e. The fourth-order valence-corrected chi connectivity index (χ4v) is 2.04. The van der Waals surface area contributed by atoms with Crippen LogP contribution in [0.5, 0.6) is 5.75 Å². The highest BCUT2D eigenvalue weighted by molar-refractivity contribution is 6.30. The van der Waals surface area contributed by atoms with Crippen LogP contribution in [-0.2, 0) is 6.42 Å². The van der Waals surface area contributed by atoms with Gasteiger partial charge in [0.15, 0.2) is 0 Å². The zero-order chi connectivity index (χ0) is 10.1. The van der Waals surface area contributed by atoms with E-state index in [1.807, 2.05) is 12.1 Å². The van der Waals surface area contributed by atoms with Crippen molar-refractivity contribution in [3.05, 3.63) is 28.3 Å². The lowest BCUT2D eigenvalue weighted by molar-refractivity contribution is 0.351. The fraction of sp³-hybridized carbons (Fsp3) is 0.455. The Kier molecular flexibility index (Phi) is 2.66. The van der Waals surface area contributed by atoms with Crippen LogP contribution in [-0.4, -0.2) is 6.61 Å². The third-order valence-electron chi connectivity index (χ3n) is 2.62. The highest BCUT2D eigenvalue weighted by atomic mass is 35.5. The molecule has 0 bridgehead atoms. The van der Waals surface area contributed by atoms with Crippen LogP contribution in [0, 0.1) is 0 Å². The number of ether oxygens (including phenoxy) is 1. The standard InChI is InChI=1S/C11H14ClNO/c1-2-10(13)9-6-8(12)5-7-3-4-14-11(7)9/h5-6,10H,2-4,13H2,1H3. The van der Waals surface area contributed by atoms with Crippen molar-refractivity contribution in [2.75, 3.05) is 6.61 Å². The Morgan fingerprint density at radius 2 is 2.36 bits per heavy atom. The molecule has 0 saturated carbocycles. The first-order valence-corrected chi connectivity index (χ1v) is 5.31. The number of hydrogen-bond donors (Lipinski definition) is 1. The molecule has 2 N–H and O–H groups in total. The van der Waals surface area contributed by atoms with E-state index >= 15 is 0 Å². The average Bonchev–Trinajstić information content (AvgIpc) is 2.62. The van der Waals surface area contributed by atoms with E-state index < -0.39 is 0 Å². The van der Waals surface area contributed by atoms with E-state index in [1.165, 1.54) is 5.56 Å². The van der Waals surface area contributed by atoms with Gasteiger partial charge in [0.25, 0.3) is 0 Å². The zero-order valence-corrected chi connectivity index (χ0v) is 8.97. The lowest BCUT2D eigenvalue weighted by Crippen LogP contribution is -2.10. The molecule has 1 heterocycles. The Balaban J connectivity index is 2.48. The second-order valence-corrected chi connectivity index (χ2v) is 4.03. The summed E-state index contributed by atoms with van der Waals surface area (Å²) >= 11 is 6.02. The monoisotopic (exact) mass is 211 g/mol. The van der Waals surface area contributed by atoms with Gasteiger partial charge in [-0.1, -0.05) is 18.5 Å². The number of rotatable bonds is 2. The van der Waals surface area contributed by atoms with Crippen LogP contribution >= 0.6 is 11.6 Å². The van der Waals surface area contributed by atoms with Crippen LogP contribution in [0.15, 0.2) is 12.1 Å². The number of benzene rings is 1. The third kappa shape index (κ3) is 1.60. The maximum Gasteiger partial charge on any atom is 0.127 e. The van der Waals surface area contributed by atoms with Crippen molar-refractivity contribution >= 4 is 11.6 Å². The molecule has 1 aliphatic rings. The topological polar surface area (TPSA) is 35.2 Å². The fourth-order valence-electron chi connectivity index (χ4n) is 1.79. The summed E-state index contributed by atoms with van der Waals surface area (Å²) in [5, 5.41) is 0.758. The lowest BCUT2D eigenvalue weighted by Gasteiger charge is -2.14. The minimum Gasteiger partial charge on any atom is -0.493 e. The smallest absolute Gasteiger partial charge is 0.127 e. The molecule has 0 radical (unpaired) electrons. The van der Waals surface area contributed by atoms with Crippen molar-refractivity contribution in [1.82, 2.24) is 0 Å². The van der Waals surface area contributed by atoms with E-state index in [-0.39, 0.29) is 6.04 Å². The summed E-state index contributed by atoms with van der Waals surface area (Å²) in [6.07, 6.45) is 1.84. The van der Waals surface area contributed by atoms with E-state index in [0.29, 0.717) is 0 Å². The third-order valence-corrected chi connectivity index (χ3v) is 2.83. The first-order chi connectivity index (χ1) is 6.72. The highest BCUT2D eigenvalue weighted by Gasteiger charge is 2.20. The summed E-state index contributed by atoms with van der Waals surface area (Å²) < 4.78 is 5.57. The summed E-state index contributed by atoms with van der Waals surface area (Å²) in [7, 11) is 0. The van der Waals surface area contributed by atoms with E-state index in [2.05, 4.69) is 6.92 Å². The summed E-state index contributed by atoms with van der Waals surface area (Å²) in [5.74, 6) is 0.962. The predicted octanol–water partition coefficient (Wildman–Crippen LogP) is 2.68. The SMILES string of the molecule is CCC(N)c1cc(Cl)cc2c1OCC2. The van der Waals surface area contributed by atoms with Crippen molar-refractivity contribution in [2.45, 2.75) is 25.8 Å². The number of fused-ring (bicyclic) bond motifs is 1. The molecular formula is C11H14ClNO. The molecule has 1 unspecified atom stereocenters. The molecule has 0 fully saturated rings. The predicted molar refractivity (Wildman–Crippen MR) is 57.9 cm³/mol. The van der Waals surface area contributed by atoms with Gasteiger partial charge in [-0.3, -0.25) is 0 Å². The van der Waals surface area contributed by atoms with Gasteiger partial charge in [0.05, 0.1) is 6.61 Å². The molecule has 1 aromatic rings. The van der Waals surface area contributed by atoms with Crippen LogP contribution in [0.25, 0.3) is 0 Å². The van der Waals surface area contributed by atoms with Crippen molar-refractivity contribution in [3.63, 3.8) is 0 Å². The summed E-state index contributed by atoms with van der Waals surface area (Å²) in [6.45, 7) is 2.81. The first-order valence-electron chi connectivity index (χ1n) is 4.93. The van der Waals surface area contributed by atoms with Gasteiger partial charge in [-0.15, -0.1) is 0 Å². The second kappa shape index (κ2) is 3.79. The summed E-state index contributed by atoms with van der Waals surface area (Å²) in [5.41, 5.74) is 8.24. The Morgan fingerprint density at radius 1 is 1.57 bits per heavy atom. The van der Waals surface area contributed by atoms with Gasteiger partial charge in [-0.25, -0.2) is 0 Å². The molecule has 1 aliphatic heterocycles. The quantitative estimate of drug-likeness (QED) is 0.817. The summed E-state index contributed by atoms with van der Waals surface area (Å²) in [6, 6.07) is 3.91. The van der Waals surface area contributed by atoms with Gasteiger partial charge < -0.3 is 10.5 Å². The van der Waals surface area contributed by atoms with Crippen LogP contribution in [0.1, 0.15) is 30.5 Å². The molecule has 0 amide bonds. The molecule has 3 heteroatoms. The Hall–Kier alpha value is -0.730. The Labute approximate surface area is 89.0 Å². The van der Waals surface area contributed by atoms with Crippen LogP contribution in [0.3, 0.4) is 0 Å². The molecule has 0 saturated heterocycles. The molecule has 1 aromatic carbocycles. The minimum absolute atomic E-state index is 0.0283. The molecule has 0 spiro atoms. The Morgan fingerprint density at radius 3 is 3.07 bits per heavy atom. The van der Waals surface area contributed by atoms with Crippen molar-refractivity contribution in [2.24, 2.45) is 5.73 Å². The molecule has 14 heavy (non-hydrogen) atoms. The van der Waals surface area contributed by atoms with Crippen molar-refractivity contribution < 1.29 is 4.74 Å². The van der Waals surface area contributed by atoms with E-state index in [9.17, 15) is 0 Å². The number of nitrogens with two attached hydrogens (primary N) is 1. The average molecular weight is 212 g/mol. The minimum atomic E-state index is 0.0283. The van der Waals surface area contributed by atoms with Crippen LogP contribution in [0.2, 0.25) is 5.02 Å². The maximum absolute atomic E-state index is 6.02. The number of halogens is 1. The second-order valence-electron chi connectivity index (χ2n) is 3.60. The molecule has 2 nitrogen and oxygen atoms in total. The van der Waals surface area contributed by atoms with Gasteiger partial charge >= 0.3 is 0 Å². The highest BCUT2D eigenvalue weighted by Crippen LogP contribution is 2.36. The van der Waals surface area contributed by atoms with E-state index in [4.69, 9.17) is 22.1 Å².